The minimum absolute atomic E-state index is 0.0710. The van der Waals surface area contributed by atoms with Crippen LogP contribution >= 0.6 is 0 Å². The average molecular weight is 261 g/mol. The van der Waals surface area contributed by atoms with Crippen molar-refractivity contribution in [1.29, 1.82) is 0 Å². The topological polar surface area (TPSA) is 66.4 Å². The molecular formula is C11H16FNO3S. The largest absolute Gasteiger partial charge is 0.391 e. The molecule has 0 amide bonds. The van der Waals surface area contributed by atoms with Gasteiger partial charge in [-0.2, -0.15) is 0 Å². The lowest BCUT2D eigenvalue weighted by Crippen LogP contribution is -2.35. The van der Waals surface area contributed by atoms with Gasteiger partial charge in [0.1, 0.15) is 10.7 Å². The SMILES string of the molecule is CC(C)C(O)CNS(=O)(=O)c1ccccc1F. The molecule has 1 rings (SSSR count). The van der Waals surface area contributed by atoms with Crippen LogP contribution in [0.4, 0.5) is 4.39 Å². The fourth-order valence-electron chi connectivity index (χ4n) is 1.17. The maximum absolute atomic E-state index is 13.3. The Morgan fingerprint density at radius 1 is 1.35 bits per heavy atom. The van der Waals surface area contributed by atoms with Crippen molar-refractivity contribution < 1.29 is 17.9 Å². The fourth-order valence-corrected chi connectivity index (χ4v) is 2.30. The lowest BCUT2D eigenvalue weighted by molar-refractivity contribution is 0.129. The molecule has 1 atom stereocenters. The molecule has 6 heteroatoms. The zero-order valence-corrected chi connectivity index (χ0v) is 10.5. The Bertz CT molecular complexity index is 473. The van der Waals surface area contributed by atoms with Crippen LogP contribution in [0.3, 0.4) is 0 Å². The molecule has 0 bridgehead atoms. The van der Waals surface area contributed by atoms with Crippen LogP contribution in [0.2, 0.25) is 0 Å². The standard InChI is InChI=1S/C11H16FNO3S/c1-8(2)10(14)7-13-17(15,16)11-6-4-3-5-9(11)12/h3-6,8,10,13-14H,7H2,1-2H3. The van der Waals surface area contributed by atoms with Crippen LogP contribution in [0.15, 0.2) is 29.2 Å². The van der Waals surface area contributed by atoms with E-state index in [2.05, 4.69) is 4.72 Å². The third kappa shape index (κ3) is 3.76. The zero-order chi connectivity index (χ0) is 13.1. The monoisotopic (exact) mass is 261 g/mol. The number of hydrogen-bond donors (Lipinski definition) is 2. The van der Waals surface area contributed by atoms with Crippen molar-refractivity contribution in [2.45, 2.75) is 24.8 Å². The van der Waals surface area contributed by atoms with Crippen molar-refractivity contribution >= 4 is 10.0 Å². The molecule has 0 spiro atoms. The van der Waals surface area contributed by atoms with Gasteiger partial charge < -0.3 is 5.11 Å². The summed E-state index contributed by atoms with van der Waals surface area (Å²) >= 11 is 0. The number of aliphatic hydroxyl groups is 1. The van der Waals surface area contributed by atoms with E-state index < -0.39 is 26.8 Å². The first kappa shape index (κ1) is 14.1. The Hall–Kier alpha value is -0.980. The van der Waals surface area contributed by atoms with Crippen LogP contribution in [-0.2, 0) is 10.0 Å². The fraction of sp³-hybridized carbons (Fsp3) is 0.455. The van der Waals surface area contributed by atoms with Crippen molar-refractivity contribution in [3.8, 4) is 0 Å². The molecule has 0 aromatic heterocycles. The second-order valence-corrected chi connectivity index (χ2v) is 5.83. The molecule has 17 heavy (non-hydrogen) atoms. The average Bonchev–Trinajstić information content (AvgIpc) is 2.26. The second kappa shape index (κ2) is 5.57. The first-order chi connectivity index (χ1) is 7.84. The number of rotatable bonds is 5. The van der Waals surface area contributed by atoms with Gasteiger partial charge in [0.2, 0.25) is 10.0 Å². The van der Waals surface area contributed by atoms with E-state index in [0.717, 1.165) is 6.07 Å². The Morgan fingerprint density at radius 2 is 1.94 bits per heavy atom. The van der Waals surface area contributed by atoms with E-state index in [9.17, 15) is 17.9 Å². The van der Waals surface area contributed by atoms with E-state index in [0.29, 0.717) is 0 Å². The highest BCUT2D eigenvalue weighted by Gasteiger charge is 2.20. The van der Waals surface area contributed by atoms with Crippen molar-refractivity contribution in [2.24, 2.45) is 5.92 Å². The molecular weight excluding hydrogens is 245 g/mol. The minimum atomic E-state index is -3.90. The molecule has 0 saturated carbocycles. The maximum Gasteiger partial charge on any atom is 0.243 e. The molecule has 2 N–H and O–H groups in total. The van der Waals surface area contributed by atoms with Crippen LogP contribution in [0.5, 0.6) is 0 Å². The first-order valence-electron chi connectivity index (χ1n) is 5.27. The van der Waals surface area contributed by atoms with E-state index in [1.54, 1.807) is 13.8 Å². The molecule has 4 nitrogen and oxygen atoms in total. The van der Waals surface area contributed by atoms with Gasteiger partial charge in [-0.25, -0.2) is 17.5 Å². The quantitative estimate of drug-likeness (QED) is 0.834. The van der Waals surface area contributed by atoms with Crippen molar-refractivity contribution in [1.82, 2.24) is 4.72 Å². The molecule has 0 heterocycles. The molecule has 1 aromatic carbocycles. The lowest BCUT2D eigenvalue weighted by Gasteiger charge is -2.15. The third-order valence-electron chi connectivity index (χ3n) is 2.38. The smallest absolute Gasteiger partial charge is 0.243 e. The Labute approximate surface area is 101 Å². The molecule has 0 saturated heterocycles. The van der Waals surface area contributed by atoms with Crippen LogP contribution in [0, 0.1) is 11.7 Å². The molecule has 0 aliphatic carbocycles. The highest BCUT2D eigenvalue weighted by molar-refractivity contribution is 7.89. The Kier molecular flexibility index (Phi) is 4.62. The van der Waals surface area contributed by atoms with E-state index in [1.807, 2.05) is 0 Å². The van der Waals surface area contributed by atoms with Gasteiger partial charge in [0.15, 0.2) is 0 Å². The van der Waals surface area contributed by atoms with Gasteiger partial charge in [-0.05, 0) is 18.1 Å². The predicted octanol–water partition coefficient (Wildman–Crippen LogP) is 1.12. The maximum atomic E-state index is 13.3. The van der Waals surface area contributed by atoms with Gasteiger partial charge in [0.05, 0.1) is 6.10 Å². The van der Waals surface area contributed by atoms with Gasteiger partial charge in [-0.1, -0.05) is 26.0 Å². The summed E-state index contributed by atoms with van der Waals surface area (Å²) in [7, 11) is -3.90. The van der Waals surface area contributed by atoms with E-state index in [1.165, 1.54) is 18.2 Å². The molecule has 0 fully saturated rings. The van der Waals surface area contributed by atoms with E-state index >= 15 is 0 Å². The third-order valence-corrected chi connectivity index (χ3v) is 3.84. The zero-order valence-electron chi connectivity index (χ0n) is 9.72. The predicted molar refractivity (Wildman–Crippen MR) is 62.4 cm³/mol. The lowest BCUT2D eigenvalue weighted by atomic mass is 10.1. The second-order valence-electron chi connectivity index (χ2n) is 4.09. The van der Waals surface area contributed by atoms with Gasteiger partial charge in [-0.15, -0.1) is 0 Å². The number of benzene rings is 1. The van der Waals surface area contributed by atoms with Crippen LogP contribution in [0.1, 0.15) is 13.8 Å². The van der Waals surface area contributed by atoms with Crippen molar-refractivity contribution in [3.63, 3.8) is 0 Å². The number of sulfonamides is 1. The molecule has 0 aliphatic rings. The highest BCUT2D eigenvalue weighted by atomic mass is 32.2. The van der Waals surface area contributed by atoms with Gasteiger partial charge in [0.25, 0.3) is 0 Å². The van der Waals surface area contributed by atoms with Crippen molar-refractivity contribution in [3.05, 3.63) is 30.1 Å². The Morgan fingerprint density at radius 3 is 2.47 bits per heavy atom. The molecule has 96 valence electrons. The number of aliphatic hydroxyl groups excluding tert-OH is 1. The molecule has 1 aromatic rings. The number of nitrogens with one attached hydrogen (secondary N) is 1. The molecule has 0 radical (unpaired) electrons. The van der Waals surface area contributed by atoms with Gasteiger partial charge in [-0.3, -0.25) is 0 Å². The Balaban J connectivity index is 2.80. The summed E-state index contributed by atoms with van der Waals surface area (Å²) in [5, 5.41) is 9.49. The van der Waals surface area contributed by atoms with E-state index in [-0.39, 0.29) is 12.5 Å². The van der Waals surface area contributed by atoms with Gasteiger partial charge >= 0.3 is 0 Å². The number of halogens is 1. The minimum Gasteiger partial charge on any atom is -0.391 e. The van der Waals surface area contributed by atoms with Crippen molar-refractivity contribution in [2.75, 3.05) is 6.54 Å². The summed E-state index contributed by atoms with van der Waals surface area (Å²) in [6.07, 6.45) is -0.795. The summed E-state index contributed by atoms with van der Waals surface area (Å²) in [6.45, 7) is 3.40. The summed E-state index contributed by atoms with van der Waals surface area (Å²) in [5.74, 6) is -0.877. The summed E-state index contributed by atoms with van der Waals surface area (Å²) in [5.41, 5.74) is 0. The van der Waals surface area contributed by atoms with E-state index in [4.69, 9.17) is 0 Å². The summed E-state index contributed by atoms with van der Waals surface area (Å²) in [6, 6.07) is 5.11. The number of hydrogen-bond acceptors (Lipinski definition) is 3. The normalized spacial score (nSPS) is 13.9. The summed E-state index contributed by atoms with van der Waals surface area (Å²) < 4.78 is 38.9. The van der Waals surface area contributed by atoms with Gasteiger partial charge in [0, 0.05) is 6.54 Å². The summed E-state index contributed by atoms with van der Waals surface area (Å²) in [4.78, 5) is -0.407. The molecule has 0 aliphatic heterocycles. The van der Waals surface area contributed by atoms with Crippen LogP contribution < -0.4 is 4.72 Å². The van der Waals surface area contributed by atoms with Crippen LogP contribution in [-0.4, -0.2) is 26.2 Å². The highest BCUT2D eigenvalue weighted by Crippen LogP contribution is 2.13. The van der Waals surface area contributed by atoms with Crippen LogP contribution in [0.25, 0.3) is 0 Å². The molecule has 1 unspecified atom stereocenters. The first-order valence-corrected chi connectivity index (χ1v) is 6.75.